The number of nitrogens with zero attached hydrogens (tertiary/aromatic N) is 1. The number of benzene rings is 1. The maximum absolute atomic E-state index is 11.4. The van der Waals surface area contributed by atoms with Gasteiger partial charge in [-0.2, -0.15) is 0 Å². The zero-order chi connectivity index (χ0) is 14.5. The molecule has 0 spiro atoms. The highest BCUT2D eigenvalue weighted by atomic mass is 16.5. The number of rotatable bonds is 5. The lowest BCUT2D eigenvalue weighted by Crippen LogP contribution is -2.05. The molecule has 20 heavy (non-hydrogen) atoms. The zero-order valence-corrected chi connectivity index (χ0v) is 11.8. The lowest BCUT2D eigenvalue weighted by Gasteiger charge is -2.17. The van der Waals surface area contributed by atoms with E-state index >= 15 is 0 Å². The lowest BCUT2D eigenvalue weighted by molar-refractivity contribution is 0.101. The van der Waals surface area contributed by atoms with Crippen LogP contribution in [0.25, 0.3) is 0 Å². The van der Waals surface area contributed by atoms with Gasteiger partial charge in [-0.3, -0.25) is 9.78 Å². The van der Waals surface area contributed by atoms with Gasteiger partial charge in [0.05, 0.1) is 7.11 Å². The molecule has 2 aromatic rings. The first-order valence-electron chi connectivity index (χ1n) is 6.37. The van der Waals surface area contributed by atoms with Gasteiger partial charge in [0, 0.05) is 23.5 Å². The molecule has 4 nitrogen and oxygen atoms in total. The SMILES string of the molecule is COc1ccc(C(C)=O)cc1OC(C)c1cccnc1. The van der Waals surface area contributed by atoms with Gasteiger partial charge in [-0.25, -0.2) is 0 Å². The summed E-state index contributed by atoms with van der Waals surface area (Å²) in [4.78, 5) is 15.5. The van der Waals surface area contributed by atoms with Crippen LogP contribution in [0, 0.1) is 0 Å². The Hall–Kier alpha value is -2.36. The van der Waals surface area contributed by atoms with Crippen LogP contribution in [0.5, 0.6) is 11.5 Å². The molecule has 4 heteroatoms. The van der Waals surface area contributed by atoms with Gasteiger partial charge in [0.15, 0.2) is 17.3 Å². The molecular formula is C16H17NO3. The van der Waals surface area contributed by atoms with Crippen molar-refractivity contribution in [3.8, 4) is 11.5 Å². The summed E-state index contributed by atoms with van der Waals surface area (Å²) >= 11 is 0. The monoisotopic (exact) mass is 271 g/mol. The smallest absolute Gasteiger partial charge is 0.162 e. The van der Waals surface area contributed by atoms with Crippen LogP contribution in [0.1, 0.15) is 35.9 Å². The van der Waals surface area contributed by atoms with E-state index in [0.29, 0.717) is 17.1 Å². The molecule has 0 bridgehead atoms. The molecule has 0 aliphatic carbocycles. The van der Waals surface area contributed by atoms with Gasteiger partial charge >= 0.3 is 0 Å². The van der Waals surface area contributed by atoms with Gasteiger partial charge in [-0.15, -0.1) is 0 Å². The minimum atomic E-state index is -0.181. The summed E-state index contributed by atoms with van der Waals surface area (Å²) in [6.45, 7) is 3.45. The summed E-state index contributed by atoms with van der Waals surface area (Å²) in [6.07, 6.45) is 3.29. The molecule has 0 aliphatic heterocycles. The first kappa shape index (κ1) is 14.1. The second-order valence-corrected chi connectivity index (χ2v) is 4.47. The highest BCUT2D eigenvalue weighted by Gasteiger charge is 2.13. The molecule has 0 fully saturated rings. The Labute approximate surface area is 118 Å². The van der Waals surface area contributed by atoms with E-state index in [-0.39, 0.29) is 11.9 Å². The van der Waals surface area contributed by atoms with Crippen molar-refractivity contribution < 1.29 is 14.3 Å². The van der Waals surface area contributed by atoms with Crippen LogP contribution in [-0.2, 0) is 0 Å². The number of aromatic nitrogens is 1. The van der Waals surface area contributed by atoms with E-state index < -0.39 is 0 Å². The molecule has 104 valence electrons. The van der Waals surface area contributed by atoms with Gasteiger partial charge in [-0.1, -0.05) is 6.07 Å². The fourth-order valence-electron chi connectivity index (χ4n) is 1.86. The molecule has 1 atom stereocenters. The van der Waals surface area contributed by atoms with Crippen molar-refractivity contribution in [1.82, 2.24) is 4.98 Å². The summed E-state index contributed by atoms with van der Waals surface area (Å²) in [7, 11) is 1.57. The van der Waals surface area contributed by atoms with Crippen molar-refractivity contribution in [2.24, 2.45) is 0 Å². The highest BCUT2D eigenvalue weighted by Crippen LogP contribution is 2.32. The van der Waals surface area contributed by atoms with Gasteiger partial charge in [0.25, 0.3) is 0 Å². The van der Waals surface area contributed by atoms with E-state index in [2.05, 4.69) is 4.98 Å². The highest BCUT2D eigenvalue weighted by molar-refractivity contribution is 5.94. The lowest BCUT2D eigenvalue weighted by atomic mass is 10.1. The maximum Gasteiger partial charge on any atom is 0.162 e. The normalized spacial score (nSPS) is 11.8. The number of carbonyl (C=O) groups is 1. The van der Waals surface area contributed by atoms with Crippen LogP contribution in [0.15, 0.2) is 42.7 Å². The van der Waals surface area contributed by atoms with E-state index in [1.54, 1.807) is 37.7 Å². The Balaban J connectivity index is 2.27. The molecule has 0 N–H and O–H groups in total. The predicted octanol–water partition coefficient (Wildman–Crippen LogP) is 3.43. The van der Waals surface area contributed by atoms with E-state index in [1.807, 2.05) is 19.1 Å². The van der Waals surface area contributed by atoms with Crippen molar-refractivity contribution >= 4 is 5.78 Å². The van der Waals surface area contributed by atoms with E-state index in [0.717, 1.165) is 5.56 Å². The van der Waals surface area contributed by atoms with Crippen LogP contribution >= 0.6 is 0 Å². The first-order chi connectivity index (χ1) is 9.61. The van der Waals surface area contributed by atoms with Gasteiger partial charge in [0.1, 0.15) is 6.10 Å². The van der Waals surface area contributed by atoms with E-state index in [9.17, 15) is 4.79 Å². The summed E-state index contributed by atoms with van der Waals surface area (Å²) in [5, 5.41) is 0. The number of methoxy groups -OCH3 is 1. The first-order valence-corrected chi connectivity index (χ1v) is 6.37. The second kappa shape index (κ2) is 6.19. The quantitative estimate of drug-likeness (QED) is 0.782. The van der Waals surface area contributed by atoms with Crippen molar-refractivity contribution in [3.05, 3.63) is 53.9 Å². The van der Waals surface area contributed by atoms with Crippen molar-refractivity contribution in [3.63, 3.8) is 0 Å². The standard InChI is InChI=1S/C16H17NO3/c1-11(18)13-6-7-15(19-3)16(9-13)20-12(2)14-5-4-8-17-10-14/h4-10,12H,1-3H3. The Morgan fingerprint density at radius 1 is 1.25 bits per heavy atom. The molecule has 0 saturated carbocycles. The van der Waals surface area contributed by atoms with Crippen molar-refractivity contribution in [1.29, 1.82) is 0 Å². The van der Waals surface area contributed by atoms with Gasteiger partial charge in [0.2, 0.25) is 0 Å². The number of ether oxygens (including phenoxy) is 2. The van der Waals surface area contributed by atoms with Crippen molar-refractivity contribution in [2.75, 3.05) is 7.11 Å². The van der Waals surface area contributed by atoms with E-state index in [1.165, 1.54) is 6.92 Å². The van der Waals surface area contributed by atoms with Crippen LogP contribution in [0.4, 0.5) is 0 Å². The maximum atomic E-state index is 11.4. The minimum absolute atomic E-state index is 0.00784. The molecular weight excluding hydrogens is 254 g/mol. The van der Waals surface area contributed by atoms with E-state index in [4.69, 9.17) is 9.47 Å². The van der Waals surface area contributed by atoms with Gasteiger partial charge < -0.3 is 9.47 Å². The average molecular weight is 271 g/mol. The Kier molecular flexibility index (Phi) is 4.35. The molecule has 1 aromatic heterocycles. The number of hydrogen-bond acceptors (Lipinski definition) is 4. The van der Waals surface area contributed by atoms with Crippen molar-refractivity contribution in [2.45, 2.75) is 20.0 Å². The van der Waals surface area contributed by atoms with Crippen LogP contribution in [0.2, 0.25) is 0 Å². The second-order valence-electron chi connectivity index (χ2n) is 4.47. The molecule has 1 heterocycles. The topological polar surface area (TPSA) is 48.4 Å². The summed E-state index contributed by atoms with van der Waals surface area (Å²) in [5.41, 5.74) is 1.56. The molecule has 0 aliphatic rings. The molecule has 0 amide bonds. The number of Topliss-reactive ketones (excluding diaryl/α,β-unsaturated/α-hetero) is 1. The Morgan fingerprint density at radius 2 is 2.05 bits per heavy atom. The van der Waals surface area contributed by atoms with Crippen LogP contribution in [0.3, 0.4) is 0 Å². The Morgan fingerprint density at radius 3 is 2.65 bits per heavy atom. The van der Waals surface area contributed by atoms with Gasteiger partial charge in [-0.05, 0) is 38.1 Å². The third-order valence-electron chi connectivity index (χ3n) is 3.03. The largest absolute Gasteiger partial charge is 0.493 e. The number of pyridine rings is 1. The fraction of sp³-hybridized carbons (Fsp3) is 0.250. The molecule has 0 radical (unpaired) electrons. The molecule has 2 rings (SSSR count). The number of ketones is 1. The molecule has 0 saturated heterocycles. The van der Waals surface area contributed by atoms with Crippen LogP contribution in [-0.4, -0.2) is 17.9 Å². The number of hydrogen-bond donors (Lipinski definition) is 0. The predicted molar refractivity (Wildman–Crippen MR) is 76.3 cm³/mol. The minimum Gasteiger partial charge on any atom is -0.493 e. The fourth-order valence-corrected chi connectivity index (χ4v) is 1.86. The summed E-state index contributed by atoms with van der Waals surface area (Å²) in [6, 6.07) is 8.97. The third kappa shape index (κ3) is 3.15. The third-order valence-corrected chi connectivity index (χ3v) is 3.03. The zero-order valence-electron chi connectivity index (χ0n) is 11.8. The summed E-state index contributed by atoms with van der Waals surface area (Å²) in [5.74, 6) is 1.15. The molecule has 1 unspecified atom stereocenters. The Bertz CT molecular complexity index is 596. The molecule has 1 aromatic carbocycles. The average Bonchev–Trinajstić information content (AvgIpc) is 2.48. The van der Waals surface area contributed by atoms with Crippen LogP contribution < -0.4 is 9.47 Å². The summed E-state index contributed by atoms with van der Waals surface area (Å²) < 4.78 is 11.2. The number of carbonyl (C=O) groups excluding carboxylic acids is 1.